The number of rotatable bonds is 6. The Morgan fingerprint density at radius 2 is 1.95 bits per heavy atom. The molecule has 1 aromatic rings. The topological polar surface area (TPSA) is 84.7 Å². The number of benzene rings is 1. The van der Waals surface area contributed by atoms with Gasteiger partial charge in [0.15, 0.2) is 11.6 Å². The highest BCUT2D eigenvalue weighted by molar-refractivity contribution is 6.00. The van der Waals surface area contributed by atoms with Crippen molar-refractivity contribution < 1.29 is 23.1 Å². The first-order valence-electron chi connectivity index (χ1n) is 6.12. The lowest BCUT2D eigenvalue weighted by Gasteiger charge is -2.18. The smallest absolute Gasteiger partial charge is 0.256 e. The fraction of sp³-hybridized carbons (Fsp3) is 0.385. The summed E-state index contributed by atoms with van der Waals surface area (Å²) in [4.78, 5) is 24.7. The Kier molecular flexibility index (Phi) is 6.04. The quantitative estimate of drug-likeness (QED) is 0.588. The van der Waals surface area contributed by atoms with Crippen molar-refractivity contribution in [1.82, 2.24) is 10.2 Å². The van der Waals surface area contributed by atoms with Gasteiger partial charge in [0.1, 0.15) is 0 Å². The number of nitrogens with zero attached hydrogens (tertiary/aromatic N) is 1. The van der Waals surface area contributed by atoms with Crippen LogP contribution in [0.15, 0.2) is 12.1 Å². The maximum Gasteiger partial charge on any atom is 0.256 e. The van der Waals surface area contributed by atoms with Crippen LogP contribution in [0.5, 0.6) is 0 Å². The summed E-state index contributed by atoms with van der Waals surface area (Å²) in [6.07, 6.45) is 0. The van der Waals surface area contributed by atoms with E-state index in [4.69, 9.17) is 10.5 Å². The van der Waals surface area contributed by atoms with Crippen LogP contribution in [0.2, 0.25) is 0 Å². The Hall–Kier alpha value is -2.22. The van der Waals surface area contributed by atoms with Gasteiger partial charge in [0.05, 0.1) is 18.7 Å². The SMILES string of the molecule is COCCNC(=O)CN(C)C(=O)c1cc(F)c(F)cc1N. The monoisotopic (exact) mass is 301 g/mol. The Bertz CT molecular complexity index is 538. The van der Waals surface area contributed by atoms with E-state index in [-0.39, 0.29) is 17.8 Å². The number of carbonyl (C=O) groups excluding carboxylic acids is 2. The van der Waals surface area contributed by atoms with E-state index in [2.05, 4.69) is 5.32 Å². The van der Waals surface area contributed by atoms with E-state index in [9.17, 15) is 18.4 Å². The zero-order chi connectivity index (χ0) is 16.0. The average Bonchev–Trinajstić information content (AvgIpc) is 2.42. The number of hydrogen-bond donors (Lipinski definition) is 2. The lowest BCUT2D eigenvalue weighted by molar-refractivity contribution is -0.121. The van der Waals surface area contributed by atoms with Crippen molar-refractivity contribution in [3.63, 3.8) is 0 Å². The number of hydrogen-bond acceptors (Lipinski definition) is 4. The molecule has 0 saturated carbocycles. The normalized spacial score (nSPS) is 10.3. The summed E-state index contributed by atoms with van der Waals surface area (Å²) >= 11 is 0. The molecule has 0 fully saturated rings. The van der Waals surface area contributed by atoms with Gasteiger partial charge in [0.2, 0.25) is 5.91 Å². The molecular weight excluding hydrogens is 284 g/mol. The van der Waals surface area contributed by atoms with E-state index in [0.29, 0.717) is 19.2 Å². The predicted octanol–water partition coefficient (Wildman–Crippen LogP) is 0.382. The van der Waals surface area contributed by atoms with Gasteiger partial charge in [-0.1, -0.05) is 0 Å². The predicted molar refractivity (Wildman–Crippen MR) is 72.6 cm³/mol. The lowest BCUT2D eigenvalue weighted by Crippen LogP contribution is -2.39. The van der Waals surface area contributed by atoms with Crippen LogP contribution >= 0.6 is 0 Å². The first-order chi connectivity index (χ1) is 9.86. The van der Waals surface area contributed by atoms with E-state index in [1.54, 1.807) is 0 Å². The van der Waals surface area contributed by atoms with E-state index >= 15 is 0 Å². The molecule has 0 heterocycles. The molecule has 0 aliphatic carbocycles. The van der Waals surface area contributed by atoms with Crippen molar-refractivity contribution in [3.8, 4) is 0 Å². The summed E-state index contributed by atoms with van der Waals surface area (Å²) in [6.45, 7) is 0.422. The van der Waals surface area contributed by atoms with Gasteiger partial charge in [-0.15, -0.1) is 0 Å². The molecule has 1 rings (SSSR count). The molecule has 0 aromatic heterocycles. The Morgan fingerprint density at radius 1 is 1.33 bits per heavy atom. The molecule has 0 aliphatic heterocycles. The second-order valence-corrected chi connectivity index (χ2v) is 4.36. The molecule has 6 nitrogen and oxygen atoms in total. The molecule has 3 N–H and O–H groups in total. The molecule has 0 bridgehead atoms. The van der Waals surface area contributed by atoms with Gasteiger partial charge >= 0.3 is 0 Å². The molecule has 1 aromatic carbocycles. The van der Waals surface area contributed by atoms with Crippen LogP contribution in [-0.2, 0) is 9.53 Å². The Morgan fingerprint density at radius 3 is 2.57 bits per heavy atom. The largest absolute Gasteiger partial charge is 0.398 e. The molecule has 116 valence electrons. The number of amides is 2. The summed E-state index contributed by atoms with van der Waals surface area (Å²) < 4.78 is 30.9. The number of nitrogens with two attached hydrogens (primary N) is 1. The van der Waals surface area contributed by atoms with Crippen molar-refractivity contribution in [2.75, 3.05) is 39.6 Å². The zero-order valence-corrected chi connectivity index (χ0v) is 11.8. The van der Waals surface area contributed by atoms with Gasteiger partial charge in [-0.25, -0.2) is 8.78 Å². The fourth-order valence-electron chi connectivity index (χ4n) is 1.59. The van der Waals surface area contributed by atoms with Crippen LogP contribution in [0, 0.1) is 11.6 Å². The van der Waals surface area contributed by atoms with Gasteiger partial charge in [0, 0.05) is 32.5 Å². The van der Waals surface area contributed by atoms with E-state index in [1.165, 1.54) is 14.2 Å². The van der Waals surface area contributed by atoms with E-state index in [0.717, 1.165) is 11.0 Å². The van der Waals surface area contributed by atoms with Crippen LogP contribution in [0.4, 0.5) is 14.5 Å². The molecule has 0 radical (unpaired) electrons. The summed E-state index contributed by atoms with van der Waals surface area (Å²) in [5.41, 5.74) is 5.10. The van der Waals surface area contributed by atoms with Gasteiger partial charge < -0.3 is 20.7 Å². The van der Waals surface area contributed by atoms with Crippen LogP contribution in [-0.4, -0.2) is 50.6 Å². The summed E-state index contributed by atoms with van der Waals surface area (Å²) in [7, 11) is 2.85. The standard InChI is InChI=1S/C13H17F2N3O3/c1-18(7-12(19)17-3-4-21-2)13(20)8-5-9(14)10(15)6-11(8)16/h5-6H,3-4,7,16H2,1-2H3,(H,17,19). The summed E-state index contributed by atoms with van der Waals surface area (Å²) in [5.74, 6) is -3.38. The molecule has 0 spiro atoms. The minimum absolute atomic E-state index is 0.189. The zero-order valence-electron chi connectivity index (χ0n) is 11.8. The number of halogens is 2. The summed E-state index contributed by atoms with van der Waals surface area (Å²) in [6, 6.07) is 1.45. The third kappa shape index (κ3) is 4.67. The molecule has 0 unspecified atom stereocenters. The second kappa shape index (κ2) is 7.53. The molecule has 21 heavy (non-hydrogen) atoms. The molecule has 0 atom stereocenters. The van der Waals surface area contributed by atoms with Gasteiger partial charge in [0.25, 0.3) is 5.91 Å². The molecule has 0 saturated heterocycles. The highest BCUT2D eigenvalue weighted by atomic mass is 19.2. The third-order valence-corrected chi connectivity index (χ3v) is 2.68. The fourth-order valence-corrected chi connectivity index (χ4v) is 1.59. The number of likely N-dealkylation sites (N-methyl/N-ethyl adjacent to an activating group) is 1. The van der Waals surface area contributed by atoms with Gasteiger partial charge in [-0.3, -0.25) is 9.59 Å². The van der Waals surface area contributed by atoms with Gasteiger partial charge in [-0.2, -0.15) is 0 Å². The minimum Gasteiger partial charge on any atom is -0.398 e. The van der Waals surface area contributed by atoms with Crippen LogP contribution in [0.25, 0.3) is 0 Å². The van der Waals surface area contributed by atoms with Crippen molar-refractivity contribution in [2.24, 2.45) is 0 Å². The number of ether oxygens (including phenoxy) is 1. The van der Waals surface area contributed by atoms with Crippen molar-refractivity contribution >= 4 is 17.5 Å². The third-order valence-electron chi connectivity index (χ3n) is 2.68. The first-order valence-corrected chi connectivity index (χ1v) is 6.12. The maximum absolute atomic E-state index is 13.2. The van der Waals surface area contributed by atoms with Crippen LogP contribution in [0.3, 0.4) is 0 Å². The number of carbonyl (C=O) groups is 2. The molecule has 0 aliphatic rings. The first kappa shape index (κ1) is 16.8. The van der Waals surface area contributed by atoms with Crippen molar-refractivity contribution in [1.29, 1.82) is 0 Å². The maximum atomic E-state index is 13.2. The molecule has 2 amide bonds. The Labute approximate surface area is 120 Å². The summed E-state index contributed by atoms with van der Waals surface area (Å²) in [5, 5.41) is 2.53. The molecular formula is C13H17F2N3O3. The Balaban J connectivity index is 2.70. The number of nitrogens with one attached hydrogen (secondary N) is 1. The van der Waals surface area contributed by atoms with Crippen LogP contribution in [0.1, 0.15) is 10.4 Å². The van der Waals surface area contributed by atoms with Crippen molar-refractivity contribution in [2.45, 2.75) is 0 Å². The number of nitrogen functional groups attached to an aromatic ring is 1. The minimum atomic E-state index is -1.18. The highest BCUT2D eigenvalue weighted by Gasteiger charge is 2.19. The van der Waals surface area contributed by atoms with Crippen LogP contribution < -0.4 is 11.1 Å². The van der Waals surface area contributed by atoms with Gasteiger partial charge in [-0.05, 0) is 6.07 Å². The second-order valence-electron chi connectivity index (χ2n) is 4.36. The number of anilines is 1. The van der Waals surface area contributed by atoms with Crippen molar-refractivity contribution in [3.05, 3.63) is 29.3 Å². The molecule has 8 heteroatoms. The average molecular weight is 301 g/mol. The van der Waals surface area contributed by atoms with E-state index < -0.39 is 23.4 Å². The lowest BCUT2D eigenvalue weighted by atomic mass is 10.1. The highest BCUT2D eigenvalue weighted by Crippen LogP contribution is 2.18. The van der Waals surface area contributed by atoms with E-state index in [1.807, 2.05) is 0 Å². The number of methoxy groups -OCH3 is 1.